The number of esters is 1. The standard InChI is InChI=1S/C32H40O5Si/c1-29(2,3)38(5,6)36-26-13-12-25-30(26,4)16-14-22-20-23-27(35-28(34)21-10-8-7-9-11-21)24(33)15-17-31(23)18-19-32(22,25)37-31/h7-11,14-15,17,25-26H,12-13,16,18-20H2,1-6H3/t25-,26+,30-,31+,32-/m1/s1. The predicted molar refractivity (Wildman–Crippen MR) is 149 cm³/mol. The average molecular weight is 533 g/mol. The lowest BCUT2D eigenvalue weighted by atomic mass is 9.60. The van der Waals surface area contributed by atoms with Gasteiger partial charge in [0.1, 0.15) is 5.60 Å². The molecule has 0 amide bonds. The zero-order chi connectivity index (χ0) is 27.1. The zero-order valence-electron chi connectivity index (χ0n) is 23.6. The first kappa shape index (κ1) is 26.0. The van der Waals surface area contributed by atoms with Crippen LogP contribution in [-0.4, -0.2) is 37.4 Å². The lowest BCUT2D eigenvalue weighted by Gasteiger charge is -2.55. The highest BCUT2D eigenvalue weighted by atomic mass is 28.4. The van der Waals surface area contributed by atoms with Crippen molar-refractivity contribution < 1.29 is 23.5 Å². The highest BCUT2D eigenvalue weighted by Crippen LogP contribution is 2.67. The summed E-state index contributed by atoms with van der Waals surface area (Å²) >= 11 is 0. The van der Waals surface area contributed by atoms with Crippen molar-refractivity contribution in [2.45, 2.75) is 102 Å². The number of carbonyl (C=O) groups excluding carboxylic acids is 2. The van der Waals surface area contributed by atoms with Crippen molar-refractivity contribution >= 4 is 20.1 Å². The zero-order valence-corrected chi connectivity index (χ0v) is 24.6. The molecule has 5 atom stereocenters. The van der Waals surface area contributed by atoms with Crippen LogP contribution >= 0.6 is 0 Å². The summed E-state index contributed by atoms with van der Waals surface area (Å²) in [4.78, 5) is 26.0. The fraction of sp³-hybridized carbons (Fsp3) is 0.562. The third-order valence-electron chi connectivity index (χ3n) is 10.7. The SMILES string of the molecule is CC(C)(C)[Si](C)(C)O[C@H]1CC[C@@H]2[C@@]1(C)CC=C1CC3=C(OC(=O)c4ccccc4)C(=O)C=C[C@]34CC[C@@]12O4. The molecule has 0 aromatic heterocycles. The van der Waals surface area contributed by atoms with E-state index < -0.39 is 19.9 Å². The largest absolute Gasteiger partial charge is 0.419 e. The number of hydrogen-bond donors (Lipinski definition) is 0. The molecule has 1 aromatic carbocycles. The number of allylic oxidation sites excluding steroid dienone is 2. The van der Waals surface area contributed by atoms with Gasteiger partial charge in [0.05, 0.1) is 17.3 Å². The Labute approximate surface area is 227 Å². The van der Waals surface area contributed by atoms with E-state index in [4.69, 9.17) is 13.9 Å². The Morgan fingerprint density at radius 1 is 1.11 bits per heavy atom. The van der Waals surface area contributed by atoms with Crippen molar-refractivity contribution in [3.8, 4) is 0 Å². The summed E-state index contributed by atoms with van der Waals surface area (Å²) in [6, 6.07) is 8.85. The molecule has 38 heavy (non-hydrogen) atoms. The van der Waals surface area contributed by atoms with Gasteiger partial charge in [0.25, 0.3) is 0 Å². The van der Waals surface area contributed by atoms with Crippen molar-refractivity contribution in [3.63, 3.8) is 0 Å². The quantitative estimate of drug-likeness (QED) is 0.236. The fourth-order valence-corrected chi connectivity index (χ4v) is 8.97. The minimum atomic E-state index is -1.92. The second kappa shape index (κ2) is 8.36. The molecule has 202 valence electrons. The van der Waals surface area contributed by atoms with Gasteiger partial charge in [0.15, 0.2) is 14.1 Å². The van der Waals surface area contributed by atoms with E-state index in [1.165, 1.54) is 5.57 Å². The summed E-state index contributed by atoms with van der Waals surface area (Å²) in [6.45, 7) is 14.0. The van der Waals surface area contributed by atoms with Crippen LogP contribution in [0, 0.1) is 11.3 Å². The molecule has 2 aliphatic heterocycles. The molecule has 2 bridgehead atoms. The van der Waals surface area contributed by atoms with Crippen LogP contribution in [0.2, 0.25) is 18.1 Å². The molecule has 6 heteroatoms. The van der Waals surface area contributed by atoms with Gasteiger partial charge in [-0.05, 0) is 86.5 Å². The molecule has 3 fully saturated rings. The smallest absolute Gasteiger partial charge is 0.343 e. The molecule has 5 aliphatic rings. The van der Waals surface area contributed by atoms with Gasteiger partial charge in [0, 0.05) is 16.9 Å². The van der Waals surface area contributed by atoms with Crippen LogP contribution in [0.1, 0.15) is 76.6 Å². The first-order valence-electron chi connectivity index (χ1n) is 14.1. The Bertz CT molecular complexity index is 1280. The first-order valence-corrected chi connectivity index (χ1v) is 17.0. The predicted octanol–water partition coefficient (Wildman–Crippen LogP) is 7.06. The van der Waals surface area contributed by atoms with Crippen LogP contribution in [-0.2, 0) is 18.7 Å². The molecule has 1 aromatic rings. The molecule has 2 spiro atoms. The van der Waals surface area contributed by atoms with E-state index in [9.17, 15) is 9.59 Å². The van der Waals surface area contributed by atoms with E-state index in [0.717, 1.165) is 37.7 Å². The van der Waals surface area contributed by atoms with E-state index >= 15 is 0 Å². The van der Waals surface area contributed by atoms with Gasteiger partial charge in [-0.2, -0.15) is 0 Å². The molecule has 2 saturated heterocycles. The third-order valence-corrected chi connectivity index (χ3v) is 15.2. The lowest BCUT2D eigenvalue weighted by molar-refractivity contribution is -0.132. The van der Waals surface area contributed by atoms with Gasteiger partial charge < -0.3 is 13.9 Å². The van der Waals surface area contributed by atoms with E-state index in [1.54, 1.807) is 30.3 Å². The third kappa shape index (κ3) is 3.63. The van der Waals surface area contributed by atoms with Crippen LogP contribution in [0.3, 0.4) is 0 Å². The van der Waals surface area contributed by atoms with Crippen LogP contribution in [0.5, 0.6) is 0 Å². The topological polar surface area (TPSA) is 61.8 Å². The van der Waals surface area contributed by atoms with Gasteiger partial charge >= 0.3 is 5.97 Å². The monoisotopic (exact) mass is 532 g/mol. The Hall–Kier alpha value is -2.28. The highest BCUT2D eigenvalue weighted by Gasteiger charge is 2.68. The van der Waals surface area contributed by atoms with E-state index in [0.29, 0.717) is 17.9 Å². The number of fused-ring (bicyclic) bond motifs is 1. The second-order valence-electron chi connectivity index (χ2n) is 13.8. The lowest BCUT2D eigenvalue weighted by Crippen LogP contribution is -2.56. The maximum absolute atomic E-state index is 13.0. The average Bonchev–Trinajstić information content (AvgIpc) is 3.36. The number of benzene rings is 1. The number of rotatable bonds is 4. The van der Waals surface area contributed by atoms with Crippen molar-refractivity contribution in [1.29, 1.82) is 0 Å². The second-order valence-corrected chi connectivity index (χ2v) is 18.5. The van der Waals surface area contributed by atoms with Gasteiger partial charge in [-0.15, -0.1) is 0 Å². The number of ketones is 1. The van der Waals surface area contributed by atoms with Crippen LogP contribution in [0.15, 0.2) is 65.5 Å². The minimum Gasteiger partial charge on any atom is -0.419 e. The van der Waals surface area contributed by atoms with Crippen LogP contribution < -0.4 is 0 Å². The Kier molecular flexibility index (Phi) is 5.71. The van der Waals surface area contributed by atoms with Crippen molar-refractivity contribution in [3.05, 3.63) is 71.0 Å². The molecular weight excluding hydrogens is 492 g/mol. The van der Waals surface area contributed by atoms with Crippen LogP contribution in [0.4, 0.5) is 0 Å². The minimum absolute atomic E-state index is 0.0164. The normalized spacial score (nSPS) is 35.9. The molecule has 0 N–H and O–H groups in total. The van der Waals surface area contributed by atoms with Crippen LogP contribution in [0.25, 0.3) is 0 Å². The van der Waals surface area contributed by atoms with Gasteiger partial charge in [0.2, 0.25) is 5.78 Å². The Morgan fingerprint density at radius 3 is 2.55 bits per heavy atom. The summed E-state index contributed by atoms with van der Waals surface area (Å²) in [5, 5.41) is 0.168. The van der Waals surface area contributed by atoms with Crippen molar-refractivity contribution in [2.75, 3.05) is 0 Å². The van der Waals surface area contributed by atoms with Crippen molar-refractivity contribution in [1.82, 2.24) is 0 Å². The Morgan fingerprint density at radius 2 is 1.84 bits per heavy atom. The Balaban J connectivity index is 1.34. The van der Waals surface area contributed by atoms with Crippen molar-refractivity contribution in [2.24, 2.45) is 11.3 Å². The molecule has 3 aliphatic carbocycles. The molecule has 0 unspecified atom stereocenters. The van der Waals surface area contributed by atoms with Gasteiger partial charge in [-0.3, -0.25) is 4.79 Å². The van der Waals surface area contributed by atoms with E-state index in [-0.39, 0.29) is 33.7 Å². The maximum Gasteiger partial charge on any atom is 0.343 e. The highest BCUT2D eigenvalue weighted by molar-refractivity contribution is 6.74. The molecule has 6 rings (SSSR count). The summed E-state index contributed by atoms with van der Waals surface area (Å²) in [5.74, 6) is -0.250. The van der Waals surface area contributed by atoms with Gasteiger partial charge in [-0.25, -0.2) is 4.79 Å². The molecule has 5 nitrogen and oxygen atoms in total. The fourth-order valence-electron chi connectivity index (χ4n) is 7.51. The summed E-state index contributed by atoms with van der Waals surface area (Å²) in [5.41, 5.74) is 1.48. The van der Waals surface area contributed by atoms with Gasteiger partial charge in [-0.1, -0.05) is 52.0 Å². The molecule has 0 radical (unpaired) electrons. The first-order chi connectivity index (χ1) is 17.8. The molecule has 2 heterocycles. The van der Waals surface area contributed by atoms with E-state index in [2.05, 4.69) is 46.9 Å². The summed E-state index contributed by atoms with van der Waals surface area (Å²) < 4.78 is 20.0. The molecular formula is C32H40O5Si. The number of hydrogen-bond acceptors (Lipinski definition) is 5. The molecule has 1 saturated carbocycles. The summed E-state index contributed by atoms with van der Waals surface area (Å²) in [7, 11) is -1.92. The number of ether oxygens (including phenoxy) is 2. The number of carbonyl (C=O) groups is 2. The van der Waals surface area contributed by atoms with E-state index in [1.807, 2.05) is 12.1 Å². The summed E-state index contributed by atoms with van der Waals surface area (Å²) in [6.07, 6.45) is 11.5. The maximum atomic E-state index is 13.0.